The fourth-order valence-corrected chi connectivity index (χ4v) is 1.49. The second-order valence-electron chi connectivity index (χ2n) is 3.40. The summed E-state index contributed by atoms with van der Waals surface area (Å²) in [4.78, 5) is 4.20. The van der Waals surface area contributed by atoms with E-state index in [4.69, 9.17) is 0 Å². The number of hydrogen-bond acceptors (Lipinski definition) is 7. The van der Waals surface area contributed by atoms with Gasteiger partial charge in [0.05, 0.1) is 6.54 Å². The molecule has 0 aliphatic heterocycles. The Balaban J connectivity index is 1.90. The molecule has 3 rings (SSSR count). The summed E-state index contributed by atoms with van der Waals surface area (Å²) in [5.74, 6) is 2.01. The molecule has 0 aromatic carbocycles. The molecule has 0 fully saturated rings. The molecule has 0 saturated heterocycles. The Kier molecular flexibility index (Phi) is 2.14. The number of anilines is 1. The smallest absolute Gasteiger partial charge is 0.203 e. The molecule has 2 N–H and O–H groups in total. The lowest BCUT2D eigenvalue weighted by molar-refractivity contribution is 0.881. The predicted octanol–water partition coefficient (Wildman–Crippen LogP) is -0.442. The van der Waals surface area contributed by atoms with Crippen LogP contribution in [0.4, 0.5) is 5.82 Å². The minimum atomic E-state index is 0.426. The Bertz CT molecular complexity index is 626. The fourth-order valence-electron chi connectivity index (χ4n) is 1.49. The first kappa shape index (κ1) is 9.63. The third-order valence-electron chi connectivity index (χ3n) is 2.30. The largest absolute Gasteiger partial charge is 0.359 e. The summed E-state index contributed by atoms with van der Waals surface area (Å²) in [5, 5.41) is 24.6. The van der Waals surface area contributed by atoms with Crippen molar-refractivity contribution in [1.29, 1.82) is 0 Å². The van der Waals surface area contributed by atoms with Crippen LogP contribution in [-0.2, 0) is 6.54 Å². The average Bonchev–Trinajstić information content (AvgIpc) is 2.97. The van der Waals surface area contributed by atoms with Crippen LogP contribution in [0.3, 0.4) is 0 Å². The Morgan fingerprint density at radius 3 is 3.12 bits per heavy atom. The second-order valence-corrected chi connectivity index (χ2v) is 3.40. The number of fused-ring (bicyclic) bond motifs is 1. The molecule has 0 atom stereocenters. The van der Waals surface area contributed by atoms with Crippen LogP contribution in [0.2, 0.25) is 0 Å². The van der Waals surface area contributed by atoms with Crippen molar-refractivity contribution in [2.45, 2.75) is 13.5 Å². The van der Waals surface area contributed by atoms with Gasteiger partial charge < -0.3 is 5.32 Å². The number of hydrogen-bond donors (Lipinski definition) is 2. The Morgan fingerprint density at radius 2 is 2.29 bits per heavy atom. The number of nitrogens with zero attached hydrogens (tertiary/aromatic N) is 7. The zero-order valence-electron chi connectivity index (χ0n) is 8.99. The molecule has 0 unspecified atom stereocenters. The van der Waals surface area contributed by atoms with Crippen molar-refractivity contribution in [3.63, 3.8) is 0 Å². The van der Waals surface area contributed by atoms with Crippen LogP contribution in [0.1, 0.15) is 11.6 Å². The van der Waals surface area contributed by atoms with Gasteiger partial charge in [-0.15, -0.1) is 20.4 Å². The summed E-state index contributed by atoms with van der Waals surface area (Å²) >= 11 is 0. The molecule has 86 valence electrons. The summed E-state index contributed by atoms with van der Waals surface area (Å²) in [7, 11) is 0. The van der Waals surface area contributed by atoms with Gasteiger partial charge in [0.2, 0.25) is 5.65 Å². The first-order valence-electron chi connectivity index (χ1n) is 4.97. The molecular formula is C8H9N9. The van der Waals surface area contributed by atoms with Gasteiger partial charge in [0.25, 0.3) is 0 Å². The minimum absolute atomic E-state index is 0.426. The van der Waals surface area contributed by atoms with E-state index in [1.54, 1.807) is 6.20 Å². The number of aromatic amines is 1. The van der Waals surface area contributed by atoms with Crippen LogP contribution in [0, 0.1) is 6.92 Å². The van der Waals surface area contributed by atoms with Crippen LogP contribution < -0.4 is 5.32 Å². The third kappa shape index (κ3) is 1.67. The van der Waals surface area contributed by atoms with Crippen molar-refractivity contribution in [2.24, 2.45) is 0 Å². The highest BCUT2D eigenvalue weighted by Gasteiger charge is 2.07. The molecular weight excluding hydrogens is 222 g/mol. The Labute approximate surface area is 95.3 Å². The summed E-state index contributed by atoms with van der Waals surface area (Å²) in [5.41, 5.74) is 0.675. The molecule has 3 heterocycles. The maximum Gasteiger partial charge on any atom is 0.203 e. The zero-order chi connectivity index (χ0) is 11.7. The number of rotatable bonds is 3. The van der Waals surface area contributed by atoms with Crippen LogP contribution in [-0.4, -0.2) is 40.2 Å². The normalized spacial score (nSPS) is 10.9. The molecule has 3 aromatic heterocycles. The molecule has 0 amide bonds. The van der Waals surface area contributed by atoms with Gasteiger partial charge in [-0.1, -0.05) is 5.21 Å². The lowest BCUT2D eigenvalue weighted by atomic mass is 10.5. The zero-order valence-corrected chi connectivity index (χ0v) is 8.99. The summed E-state index contributed by atoms with van der Waals surface area (Å²) < 4.78 is 1.85. The molecule has 0 aliphatic rings. The monoisotopic (exact) mass is 231 g/mol. The van der Waals surface area contributed by atoms with Gasteiger partial charge >= 0.3 is 0 Å². The lowest BCUT2D eigenvalue weighted by Crippen LogP contribution is -2.05. The highest BCUT2D eigenvalue weighted by Crippen LogP contribution is 2.12. The molecule has 9 heteroatoms. The Morgan fingerprint density at radius 1 is 1.35 bits per heavy atom. The second kappa shape index (κ2) is 3.77. The first-order valence-corrected chi connectivity index (χ1v) is 4.97. The number of aryl methyl sites for hydroxylation is 1. The van der Waals surface area contributed by atoms with E-state index in [9.17, 15) is 0 Å². The van der Waals surface area contributed by atoms with Crippen LogP contribution in [0.15, 0.2) is 12.4 Å². The van der Waals surface area contributed by atoms with E-state index >= 15 is 0 Å². The van der Waals surface area contributed by atoms with Crippen molar-refractivity contribution in [2.75, 3.05) is 5.32 Å². The summed E-state index contributed by atoms with van der Waals surface area (Å²) in [6, 6.07) is 0. The predicted molar refractivity (Wildman–Crippen MR) is 57.0 cm³/mol. The molecule has 0 radical (unpaired) electrons. The van der Waals surface area contributed by atoms with E-state index < -0.39 is 0 Å². The van der Waals surface area contributed by atoms with Crippen LogP contribution >= 0.6 is 0 Å². The lowest BCUT2D eigenvalue weighted by Gasteiger charge is -2.03. The standard InChI is InChI=1S/C8H9N9/c1-5-11-14-8-7(9-2-3-17(5)8)10-4-6-12-15-16-13-6/h2-3H,4H2,1H3,(H,9,10)(H,12,13,15,16). The maximum absolute atomic E-state index is 4.20. The SMILES string of the molecule is Cc1nnc2c(NCc3nn[nH]n3)nccn12. The molecule has 0 spiro atoms. The topological polar surface area (TPSA) is 110 Å². The van der Waals surface area contributed by atoms with Crippen molar-refractivity contribution in [1.82, 2.24) is 40.2 Å². The van der Waals surface area contributed by atoms with Crippen molar-refractivity contribution in [3.05, 3.63) is 24.0 Å². The molecule has 9 nitrogen and oxygen atoms in total. The number of H-pyrrole nitrogens is 1. The van der Waals surface area contributed by atoms with E-state index in [0.29, 0.717) is 23.8 Å². The molecule has 0 bridgehead atoms. The van der Waals surface area contributed by atoms with Crippen molar-refractivity contribution < 1.29 is 0 Å². The van der Waals surface area contributed by atoms with E-state index in [0.717, 1.165) is 5.82 Å². The highest BCUT2D eigenvalue weighted by atomic mass is 15.5. The molecule has 17 heavy (non-hydrogen) atoms. The maximum atomic E-state index is 4.20. The van der Waals surface area contributed by atoms with E-state index in [1.807, 2.05) is 17.5 Å². The van der Waals surface area contributed by atoms with Crippen molar-refractivity contribution in [3.8, 4) is 0 Å². The van der Waals surface area contributed by atoms with Gasteiger partial charge in [0, 0.05) is 12.4 Å². The fraction of sp³-hybridized carbons (Fsp3) is 0.250. The third-order valence-corrected chi connectivity index (χ3v) is 2.30. The number of aromatic nitrogens is 8. The van der Waals surface area contributed by atoms with E-state index in [1.165, 1.54) is 0 Å². The minimum Gasteiger partial charge on any atom is -0.359 e. The quantitative estimate of drug-likeness (QED) is 0.628. The Hall–Kier alpha value is -2.58. The average molecular weight is 231 g/mol. The van der Waals surface area contributed by atoms with Gasteiger partial charge in [0.15, 0.2) is 11.6 Å². The number of nitrogens with one attached hydrogen (secondary N) is 2. The number of tetrazole rings is 1. The molecule has 0 aliphatic carbocycles. The molecule has 0 saturated carbocycles. The van der Waals surface area contributed by atoms with E-state index in [2.05, 4.69) is 41.1 Å². The van der Waals surface area contributed by atoms with Crippen LogP contribution in [0.5, 0.6) is 0 Å². The van der Waals surface area contributed by atoms with Gasteiger partial charge in [-0.25, -0.2) is 4.98 Å². The van der Waals surface area contributed by atoms with Gasteiger partial charge in [-0.3, -0.25) is 4.40 Å². The van der Waals surface area contributed by atoms with Crippen molar-refractivity contribution >= 4 is 11.5 Å². The van der Waals surface area contributed by atoms with Gasteiger partial charge in [-0.05, 0) is 6.92 Å². The van der Waals surface area contributed by atoms with Crippen LogP contribution in [0.25, 0.3) is 5.65 Å². The molecule has 3 aromatic rings. The summed E-state index contributed by atoms with van der Waals surface area (Å²) in [6.45, 7) is 2.30. The van der Waals surface area contributed by atoms with Gasteiger partial charge in [0.1, 0.15) is 5.82 Å². The first-order chi connectivity index (χ1) is 8.34. The van der Waals surface area contributed by atoms with E-state index in [-0.39, 0.29) is 0 Å². The highest BCUT2D eigenvalue weighted by molar-refractivity contribution is 5.61. The van der Waals surface area contributed by atoms with Gasteiger partial charge in [-0.2, -0.15) is 5.21 Å². The summed E-state index contributed by atoms with van der Waals surface area (Å²) in [6.07, 6.45) is 3.49.